The van der Waals surface area contributed by atoms with Crippen molar-refractivity contribution in [2.24, 2.45) is 0 Å². The molecule has 0 aliphatic carbocycles. The second-order valence-corrected chi connectivity index (χ2v) is 3.80. The van der Waals surface area contributed by atoms with Gasteiger partial charge in [0.05, 0.1) is 5.70 Å². The van der Waals surface area contributed by atoms with Gasteiger partial charge >= 0.3 is 0 Å². The fraction of sp³-hybridized carbons (Fsp3) is 0.231. The third-order valence-electron chi connectivity index (χ3n) is 2.24. The lowest BCUT2D eigenvalue weighted by atomic mass is 10.1. The second-order valence-electron chi connectivity index (χ2n) is 3.80. The topological polar surface area (TPSA) is 66.4 Å². The highest BCUT2D eigenvalue weighted by molar-refractivity contribution is 6.26. The minimum atomic E-state index is -0.561. The Morgan fingerprint density at radius 3 is 2.41 bits per heavy atom. The first-order valence-electron chi connectivity index (χ1n) is 5.25. The molecule has 0 atom stereocenters. The van der Waals surface area contributed by atoms with Crippen LogP contribution in [0.1, 0.15) is 20.8 Å². The number of aliphatic hydroxyl groups excluding tert-OH is 1. The van der Waals surface area contributed by atoms with Crippen molar-refractivity contribution < 1.29 is 14.7 Å². The number of aliphatic hydroxyl groups is 1. The number of hydrogen-bond donors (Lipinski definition) is 2. The van der Waals surface area contributed by atoms with Gasteiger partial charge in [0.15, 0.2) is 11.5 Å². The van der Waals surface area contributed by atoms with Crippen molar-refractivity contribution in [1.82, 2.24) is 5.32 Å². The van der Waals surface area contributed by atoms with Crippen molar-refractivity contribution in [1.29, 1.82) is 0 Å². The van der Waals surface area contributed by atoms with Gasteiger partial charge in [0.2, 0.25) is 0 Å². The molecule has 0 unspecified atom stereocenters. The molecular formula is C13H15NO3. The maximum atomic E-state index is 11.7. The van der Waals surface area contributed by atoms with E-state index in [1.54, 1.807) is 26.0 Å². The van der Waals surface area contributed by atoms with Gasteiger partial charge in [-0.1, -0.05) is 18.2 Å². The molecule has 1 heterocycles. The van der Waals surface area contributed by atoms with Crippen LogP contribution in [0.2, 0.25) is 0 Å². The van der Waals surface area contributed by atoms with Crippen LogP contribution in [-0.2, 0) is 9.59 Å². The maximum absolute atomic E-state index is 11.7. The summed E-state index contributed by atoms with van der Waals surface area (Å²) < 4.78 is 0. The number of ketones is 1. The quantitative estimate of drug-likeness (QED) is 0.444. The lowest BCUT2D eigenvalue weighted by Gasteiger charge is -1.99. The van der Waals surface area contributed by atoms with Crippen molar-refractivity contribution in [3.63, 3.8) is 0 Å². The fourth-order valence-electron chi connectivity index (χ4n) is 1.40. The predicted octanol–water partition coefficient (Wildman–Crippen LogP) is 1.92. The van der Waals surface area contributed by atoms with Gasteiger partial charge in [0, 0.05) is 0 Å². The van der Waals surface area contributed by atoms with Gasteiger partial charge in [-0.25, -0.2) is 0 Å². The van der Waals surface area contributed by atoms with Crippen molar-refractivity contribution in [2.75, 3.05) is 0 Å². The van der Waals surface area contributed by atoms with Crippen LogP contribution >= 0.6 is 0 Å². The maximum Gasteiger partial charge on any atom is 0.263 e. The number of rotatable bonds is 3. The molecule has 1 rings (SSSR count). The van der Waals surface area contributed by atoms with Crippen molar-refractivity contribution in [3.8, 4) is 0 Å². The van der Waals surface area contributed by atoms with Crippen molar-refractivity contribution in [2.45, 2.75) is 20.8 Å². The molecule has 0 radical (unpaired) electrons. The van der Waals surface area contributed by atoms with Gasteiger partial charge in [-0.2, -0.15) is 0 Å². The summed E-state index contributed by atoms with van der Waals surface area (Å²) in [6.45, 7) is 5.30. The Labute approximate surface area is 100 Å². The Kier molecular flexibility index (Phi) is 4.04. The summed E-state index contributed by atoms with van der Waals surface area (Å²) in [6, 6.07) is 0. The molecule has 0 aromatic rings. The molecule has 2 N–H and O–H groups in total. The lowest BCUT2D eigenvalue weighted by Crippen LogP contribution is -2.19. The van der Waals surface area contributed by atoms with Gasteiger partial charge < -0.3 is 10.4 Å². The normalized spacial score (nSPS) is 16.2. The van der Waals surface area contributed by atoms with Crippen LogP contribution in [0.4, 0.5) is 0 Å². The molecule has 1 amide bonds. The summed E-state index contributed by atoms with van der Waals surface area (Å²) in [5.41, 5.74) is 0.857. The standard InChI is InChI=1S/C13H15NO3/c1-4-5-6-7-9(15)10-12(16)11(8(2)3)14-13(10)17/h4-7,16H,1-3H3,(H,14,17). The van der Waals surface area contributed by atoms with E-state index in [9.17, 15) is 14.7 Å². The molecule has 0 aromatic heterocycles. The van der Waals surface area contributed by atoms with Crippen molar-refractivity contribution >= 4 is 11.7 Å². The molecule has 0 bridgehead atoms. The first-order chi connectivity index (χ1) is 7.99. The predicted molar refractivity (Wildman–Crippen MR) is 65.1 cm³/mol. The molecule has 4 nitrogen and oxygen atoms in total. The molecule has 1 aliphatic heterocycles. The third kappa shape index (κ3) is 2.72. The average Bonchev–Trinajstić information content (AvgIpc) is 2.54. The Balaban J connectivity index is 3.09. The Morgan fingerprint density at radius 2 is 1.94 bits per heavy atom. The van der Waals surface area contributed by atoms with E-state index >= 15 is 0 Å². The van der Waals surface area contributed by atoms with Crippen LogP contribution in [0.3, 0.4) is 0 Å². The zero-order chi connectivity index (χ0) is 13.0. The minimum Gasteiger partial charge on any atom is -0.505 e. The Hall–Kier alpha value is -2.10. The van der Waals surface area contributed by atoms with E-state index in [-0.39, 0.29) is 11.3 Å². The van der Waals surface area contributed by atoms with E-state index in [1.807, 2.05) is 6.92 Å². The number of hydrogen-bond acceptors (Lipinski definition) is 3. The van der Waals surface area contributed by atoms with E-state index < -0.39 is 11.7 Å². The summed E-state index contributed by atoms with van der Waals surface area (Å²) in [7, 11) is 0. The van der Waals surface area contributed by atoms with E-state index in [0.717, 1.165) is 5.57 Å². The zero-order valence-corrected chi connectivity index (χ0v) is 10.1. The largest absolute Gasteiger partial charge is 0.505 e. The molecule has 0 saturated heterocycles. The van der Waals surface area contributed by atoms with Crippen LogP contribution in [0.15, 0.2) is 46.9 Å². The highest BCUT2D eigenvalue weighted by atomic mass is 16.3. The average molecular weight is 233 g/mol. The Morgan fingerprint density at radius 1 is 1.29 bits per heavy atom. The van der Waals surface area contributed by atoms with Crippen LogP contribution < -0.4 is 5.32 Å². The number of amides is 1. The van der Waals surface area contributed by atoms with Crippen LogP contribution in [0, 0.1) is 0 Å². The zero-order valence-electron chi connectivity index (χ0n) is 10.1. The third-order valence-corrected chi connectivity index (χ3v) is 2.24. The monoisotopic (exact) mass is 233 g/mol. The highest BCUT2D eigenvalue weighted by Gasteiger charge is 2.31. The van der Waals surface area contributed by atoms with Gasteiger partial charge in [0.25, 0.3) is 5.91 Å². The second kappa shape index (κ2) is 5.30. The molecule has 0 spiro atoms. The summed E-state index contributed by atoms with van der Waals surface area (Å²) in [5.74, 6) is -1.34. The SMILES string of the molecule is CC=CC=CC(=O)C1=C(O)C(=C(C)C)NC1=O. The summed E-state index contributed by atoms with van der Waals surface area (Å²) in [4.78, 5) is 23.2. The molecule has 1 aliphatic rings. The Bertz CT molecular complexity index is 475. The van der Waals surface area contributed by atoms with E-state index in [4.69, 9.17) is 0 Å². The first kappa shape index (κ1) is 13.0. The summed E-state index contributed by atoms with van der Waals surface area (Å²) in [5, 5.41) is 12.3. The molecule has 90 valence electrons. The first-order valence-corrected chi connectivity index (χ1v) is 5.25. The molecule has 0 aromatic carbocycles. The number of allylic oxidation sites excluding steroid dienone is 5. The van der Waals surface area contributed by atoms with Gasteiger partial charge in [-0.3, -0.25) is 9.59 Å². The van der Waals surface area contributed by atoms with Crippen LogP contribution in [0.5, 0.6) is 0 Å². The molecule has 0 fully saturated rings. The summed E-state index contributed by atoms with van der Waals surface area (Å²) in [6.07, 6.45) is 6.20. The van der Waals surface area contributed by atoms with Gasteiger partial charge in [-0.15, -0.1) is 0 Å². The molecule has 0 saturated carbocycles. The fourth-order valence-corrected chi connectivity index (χ4v) is 1.40. The molecule has 17 heavy (non-hydrogen) atoms. The molecular weight excluding hydrogens is 218 g/mol. The highest BCUT2D eigenvalue weighted by Crippen LogP contribution is 2.21. The van der Waals surface area contributed by atoms with E-state index in [2.05, 4.69) is 5.32 Å². The molecule has 4 heteroatoms. The van der Waals surface area contributed by atoms with Crippen molar-refractivity contribution in [3.05, 3.63) is 46.9 Å². The lowest BCUT2D eigenvalue weighted by molar-refractivity contribution is -0.119. The van der Waals surface area contributed by atoms with E-state index in [0.29, 0.717) is 5.70 Å². The smallest absolute Gasteiger partial charge is 0.263 e. The number of carbonyl (C=O) groups excluding carboxylic acids is 2. The van der Waals surface area contributed by atoms with Gasteiger partial charge in [-0.05, 0) is 32.4 Å². The van der Waals surface area contributed by atoms with Crippen LogP contribution in [-0.4, -0.2) is 16.8 Å². The summed E-state index contributed by atoms with van der Waals surface area (Å²) >= 11 is 0. The van der Waals surface area contributed by atoms with Gasteiger partial charge in [0.1, 0.15) is 5.57 Å². The van der Waals surface area contributed by atoms with E-state index in [1.165, 1.54) is 12.2 Å². The number of carbonyl (C=O) groups is 2. The van der Waals surface area contributed by atoms with Crippen LogP contribution in [0.25, 0.3) is 0 Å². The number of nitrogens with one attached hydrogen (secondary N) is 1. The minimum absolute atomic E-state index is 0.207.